The smallest absolute Gasteiger partial charge is 0.313 e. The van der Waals surface area contributed by atoms with E-state index in [1.165, 1.54) is 12.1 Å². The van der Waals surface area contributed by atoms with Crippen LogP contribution in [-0.2, 0) is 11.2 Å². The summed E-state index contributed by atoms with van der Waals surface area (Å²) in [6.45, 7) is 1.91. The van der Waals surface area contributed by atoms with Crippen molar-refractivity contribution in [1.82, 2.24) is 9.97 Å². The van der Waals surface area contributed by atoms with Crippen molar-refractivity contribution in [2.75, 3.05) is 5.75 Å². The Hall–Kier alpha value is -1.69. The van der Waals surface area contributed by atoms with Crippen LogP contribution in [0.1, 0.15) is 12.7 Å². The van der Waals surface area contributed by atoms with Crippen molar-refractivity contribution in [3.8, 4) is 0 Å². The Labute approximate surface area is 107 Å². The van der Waals surface area contributed by atoms with Crippen LogP contribution in [0.2, 0.25) is 0 Å². The number of carboxylic acids is 1. The Bertz CT molecular complexity index is 604. The highest BCUT2D eigenvalue weighted by Gasteiger charge is 2.10. The molecular weight excluding hydrogens is 255 g/mol. The maximum atomic E-state index is 13.2. The predicted octanol–water partition coefficient (Wildman–Crippen LogP) is 2.51. The first kappa shape index (κ1) is 12.8. The normalized spacial score (nSPS) is 10.8. The Balaban J connectivity index is 2.52. The minimum atomic E-state index is -0.929. The number of carbonyl (C=O) groups is 1. The molecule has 94 valence electrons. The van der Waals surface area contributed by atoms with Gasteiger partial charge in [0.2, 0.25) is 0 Å². The van der Waals surface area contributed by atoms with E-state index in [2.05, 4.69) is 9.97 Å². The van der Waals surface area contributed by atoms with Crippen LogP contribution in [0.25, 0.3) is 10.9 Å². The highest BCUT2D eigenvalue weighted by atomic mass is 32.2. The second-order valence-corrected chi connectivity index (χ2v) is 4.61. The predicted molar refractivity (Wildman–Crippen MR) is 67.2 cm³/mol. The van der Waals surface area contributed by atoms with Gasteiger partial charge in [-0.3, -0.25) is 4.79 Å². The van der Waals surface area contributed by atoms with Crippen molar-refractivity contribution in [1.29, 1.82) is 0 Å². The fourth-order valence-electron chi connectivity index (χ4n) is 1.52. The zero-order valence-electron chi connectivity index (χ0n) is 9.68. The van der Waals surface area contributed by atoms with Crippen molar-refractivity contribution < 1.29 is 14.3 Å². The number of aryl methyl sites for hydroxylation is 1. The van der Waals surface area contributed by atoms with E-state index in [-0.39, 0.29) is 11.6 Å². The quantitative estimate of drug-likeness (QED) is 0.680. The fourth-order valence-corrected chi connectivity index (χ4v) is 2.27. The van der Waals surface area contributed by atoms with Crippen LogP contribution in [-0.4, -0.2) is 26.8 Å². The van der Waals surface area contributed by atoms with Gasteiger partial charge in [-0.05, 0) is 18.2 Å². The number of hydrogen-bond donors (Lipinski definition) is 1. The zero-order valence-corrected chi connectivity index (χ0v) is 10.5. The van der Waals surface area contributed by atoms with Gasteiger partial charge in [0.05, 0.1) is 11.3 Å². The molecule has 1 aromatic heterocycles. The van der Waals surface area contributed by atoms with E-state index in [1.54, 1.807) is 6.07 Å². The molecule has 0 saturated heterocycles. The van der Waals surface area contributed by atoms with E-state index in [0.717, 1.165) is 11.8 Å². The van der Waals surface area contributed by atoms with Gasteiger partial charge in [0.25, 0.3) is 0 Å². The Morgan fingerprint density at radius 3 is 2.89 bits per heavy atom. The molecule has 2 rings (SSSR count). The van der Waals surface area contributed by atoms with E-state index in [0.29, 0.717) is 28.2 Å². The molecule has 1 aromatic carbocycles. The number of fused-ring (bicyclic) bond motifs is 1. The van der Waals surface area contributed by atoms with Gasteiger partial charge in [0.1, 0.15) is 16.7 Å². The topological polar surface area (TPSA) is 63.1 Å². The van der Waals surface area contributed by atoms with Gasteiger partial charge in [0.15, 0.2) is 0 Å². The van der Waals surface area contributed by atoms with E-state index >= 15 is 0 Å². The number of carboxylic acid groups (broad SMARTS) is 1. The molecule has 4 nitrogen and oxygen atoms in total. The number of nitrogens with zero attached hydrogens (tertiary/aromatic N) is 2. The standard InChI is InChI=1S/C12H11FN2O2S/c1-2-10-14-9-4-3-7(13)5-8(9)12(15-10)18-6-11(16)17/h3-5H,2,6H2,1H3,(H,16,17). The first-order valence-electron chi connectivity index (χ1n) is 5.41. The molecule has 2 aromatic rings. The van der Waals surface area contributed by atoms with Crippen molar-refractivity contribution in [3.63, 3.8) is 0 Å². The minimum absolute atomic E-state index is 0.105. The SMILES string of the molecule is CCc1nc(SCC(=O)O)c2cc(F)ccc2n1. The molecule has 0 aliphatic carbocycles. The summed E-state index contributed by atoms with van der Waals surface area (Å²) in [5, 5.41) is 9.76. The number of halogens is 1. The molecule has 1 heterocycles. The third kappa shape index (κ3) is 2.76. The molecule has 0 saturated carbocycles. The van der Waals surface area contributed by atoms with E-state index in [9.17, 15) is 9.18 Å². The highest BCUT2D eigenvalue weighted by Crippen LogP contribution is 2.26. The summed E-state index contributed by atoms with van der Waals surface area (Å²) in [4.78, 5) is 19.1. The number of hydrogen-bond acceptors (Lipinski definition) is 4. The van der Waals surface area contributed by atoms with Crippen LogP contribution in [0.15, 0.2) is 23.2 Å². The van der Waals surface area contributed by atoms with E-state index in [1.807, 2.05) is 6.92 Å². The van der Waals surface area contributed by atoms with E-state index in [4.69, 9.17) is 5.11 Å². The number of thioether (sulfide) groups is 1. The van der Waals surface area contributed by atoms with Gasteiger partial charge in [-0.2, -0.15) is 0 Å². The summed E-state index contributed by atoms with van der Waals surface area (Å²) in [6, 6.07) is 4.25. The first-order chi connectivity index (χ1) is 8.60. The van der Waals surface area contributed by atoms with Crippen molar-refractivity contribution in [2.24, 2.45) is 0 Å². The number of aromatic nitrogens is 2. The van der Waals surface area contributed by atoms with E-state index < -0.39 is 5.97 Å². The lowest BCUT2D eigenvalue weighted by atomic mass is 10.2. The molecule has 0 aliphatic rings. The molecular formula is C12H11FN2O2S. The Morgan fingerprint density at radius 2 is 2.22 bits per heavy atom. The zero-order chi connectivity index (χ0) is 13.1. The van der Waals surface area contributed by atoms with Crippen LogP contribution in [0, 0.1) is 5.82 Å². The lowest BCUT2D eigenvalue weighted by molar-refractivity contribution is -0.133. The number of aliphatic carboxylic acids is 1. The maximum Gasteiger partial charge on any atom is 0.313 e. The monoisotopic (exact) mass is 266 g/mol. The summed E-state index contributed by atoms with van der Waals surface area (Å²) in [6.07, 6.45) is 0.647. The lowest BCUT2D eigenvalue weighted by Gasteiger charge is -2.06. The average molecular weight is 266 g/mol. The van der Waals surface area contributed by atoms with Crippen LogP contribution in [0.3, 0.4) is 0 Å². The van der Waals surface area contributed by atoms with Gasteiger partial charge in [0, 0.05) is 11.8 Å². The number of benzene rings is 1. The van der Waals surface area contributed by atoms with Gasteiger partial charge < -0.3 is 5.11 Å². The molecule has 18 heavy (non-hydrogen) atoms. The summed E-state index contributed by atoms with van der Waals surface area (Å²) in [5.41, 5.74) is 0.635. The number of rotatable bonds is 4. The van der Waals surface area contributed by atoms with Gasteiger partial charge >= 0.3 is 5.97 Å². The lowest BCUT2D eigenvalue weighted by Crippen LogP contribution is -2.01. The first-order valence-corrected chi connectivity index (χ1v) is 6.39. The Morgan fingerprint density at radius 1 is 1.44 bits per heavy atom. The minimum Gasteiger partial charge on any atom is -0.481 e. The van der Waals surface area contributed by atoms with Gasteiger partial charge in [-0.25, -0.2) is 14.4 Å². The molecule has 0 fully saturated rings. The van der Waals surface area contributed by atoms with Crippen LogP contribution in [0.4, 0.5) is 4.39 Å². The fraction of sp³-hybridized carbons (Fsp3) is 0.250. The molecule has 0 unspecified atom stereocenters. The van der Waals surface area contributed by atoms with Gasteiger partial charge in [-0.1, -0.05) is 18.7 Å². The molecule has 0 amide bonds. The molecule has 0 radical (unpaired) electrons. The Kier molecular flexibility index (Phi) is 3.76. The molecule has 0 spiro atoms. The van der Waals surface area contributed by atoms with Crippen molar-refractivity contribution >= 4 is 28.6 Å². The molecule has 0 bridgehead atoms. The summed E-state index contributed by atoms with van der Waals surface area (Å²) in [5.74, 6) is -0.790. The second kappa shape index (κ2) is 5.30. The maximum absolute atomic E-state index is 13.2. The van der Waals surface area contributed by atoms with Crippen LogP contribution < -0.4 is 0 Å². The van der Waals surface area contributed by atoms with Crippen molar-refractivity contribution in [3.05, 3.63) is 29.8 Å². The van der Waals surface area contributed by atoms with Crippen LogP contribution >= 0.6 is 11.8 Å². The third-order valence-electron chi connectivity index (χ3n) is 2.32. The molecule has 0 atom stereocenters. The van der Waals surface area contributed by atoms with Gasteiger partial charge in [-0.15, -0.1) is 0 Å². The largest absolute Gasteiger partial charge is 0.481 e. The van der Waals surface area contributed by atoms with Crippen LogP contribution in [0.5, 0.6) is 0 Å². The average Bonchev–Trinajstić information content (AvgIpc) is 2.35. The highest BCUT2D eigenvalue weighted by molar-refractivity contribution is 8.00. The molecule has 1 N–H and O–H groups in total. The second-order valence-electron chi connectivity index (χ2n) is 3.64. The van der Waals surface area contributed by atoms with Crippen molar-refractivity contribution in [2.45, 2.75) is 18.4 Å². The summed E-state index contributed by atoms with van der Waals surface area (Å²) in [7, 11) is 0. The summed E-state index contributed by atoms with van der Waals surface area (Å²) < 4.78 is 13.2. The molecule has 0 aliphatic heterocycles. The third-order valence-corrected chi connectivity index (χ3v) is 3.29. The summed E-state index contributed by atoms with van der Waals surface area (Å²) >= 11 is 1.08. The molecule has 6 heteroatoms.